The summed E-state index contributed by atoms with van der Waals surface area (Å²) in [6.07, 6.45) is 3.66. The molecule has 0 saturated heterocycles. The Morgan fingerprint density at radius 1 is 0.806 bits per heavy atom. The Kier molecular flexibility index (Phi) is 6.08. The van der Waals surface area contributed by atoms with Crippen LogP contribution in [0.3, 0.4) is 0 Å². The van der Waals surface area contributed by atoms with Crippen molar-refractivity contribution >= 4 is 10.8 Å². The number of rotatable bonds is 7. The summed E-state index contributed by atoms with van der Waals surface area (Å²) in [5.41, 5.74) is 4.24. The first-order valence-electron chi connectivity index (χ1n) is 10.0. The lowest BCUT2D eigenvalue weighted by Gasteiger charge is -2.10. The molecular weight excluding hydrogens is 397 g/mol. The smallest absolute Gasteiger partial charge is 0.387 e. The Labute approximate surface area is 179 Å². The third-order valence-corrected chi connectivity index (χ3v) is 5.26. The van der Waals surface area contributed by atoms with Gasteiger partial charge in [-0.05, 0) is 52.6 Å². The lowest BCUT2D eigenvalue weighted by molar-refractivity contribution is -0.0498. The summed E-state index contributed by atoms with van der Waals surface area (Å²) in [5.74, 6) is -0.129. The van der Waals surface area contributed by atoms with Crippen molar-refractivity contribution in [3.63, 3.8) is 0 Å². The summed E-state index contributed by atoms with van der Waals surface area (Å²) in [6.45, 7) is 0.897. The molecule has 0 spiro atoms. The topological polar surface area (TPSA) is 9.23 Å². The van der Waals surface area contributed by atoms with E-state index in [9.17, 15) is 8.78 Å². The van der Waals surface area contributed by atoms with Gasteiger partial charge in [0, 0.05) is 10.9 Å². The van der Waals surface area contributed by atoms with E-state index in [1.165, 1.54) is 12.1 Å². The molecule has 156 valence electrons. The molecule has 0 fully saturated rings. The van der Waals surface area contributed by atoms with E-state index in [4.69, 9.17) is 0 Å². The number of aryl methyl sites for hydroxylation is 1. The summed E-state index contributed by atoms with van der Waals surface area (Å²) in [6, 6.07) is 23.5. The fourth-order valence-electron chi connectivity index (χ4n) is 3.66. The number of halogens is 3. The summed E-state index contributed by atoms with van der Waals surface area (Å²) >= 11 is 0. The second-order valence-electron chi connectivity index (χ2n) is 7.29. The molecule has 0 bridgehead atoms. The van der Waals surface area contributed by atoms with Gasteiger partial charge in [0.25, 0.3) is 0 Å². The summed E-state index contributed by atoms with van der Waals surface area (Å²) in [4.78, 5) is 0. The van der Waals surface area contributed by atoms with Gasteiger partial charge in [0.2, 0.25) is 0 Å². The maximum absolute atomic E-state index is 15.2. The highest BCUT2D eigenvalue weighted by atomic mass is 19.3. The second kappa shape index (κ2) is 9.09. The third-order valence-electron chi connectivity index (χ3n) is 5.26. The minimum absolute atomic E-state index is 0.112. The molecule has 0 radical (unpaired) electrons. The van der Waals surface area contributed by atoms with Gasteiger partial charge in [0.15, 0.2) is 0 Å². The van der Waals surface area contributed by atoms with E-state index in [2.05, 4.69) is 11.3 Å². The van der Waals surface area contributed by atoms with Crippen LogP contribution in [0.5, 0.6) is 5.75 Å². The molecular formula is C27H21F3O. The fraction of sp³-hybridized carbons (Fsp3) is 0.111. The van der Waals surface area contributed by atoms with Gasteiger partial charge in [-0.2, -0.15) is 8.78 Å². The average molecular weight is 418 g/mol. The van der Waals surface area contributed by atoms with Crippen molar-refractivity contribution in [3.8, 4) is 28.0 Å². The van der Waals surface area contributed by atoms with E-state index in [-0.39, 0.29) is 11.6 Å². The SMILES string of the molecule is C=CCCc1ccc2c(F)c(-c3ccc(-c4ccc(OC(F)F)cc4)cc3)ccc2c1. The molecule has 4 aromatic carbocycles. The quantitative estimate of drug-likeness (QED) is 0.276. The van der Waals surface area contributed by atoms with Crippen LogP contribution in [0.1, 0.15) is 12.0 Å². The van der Waals surface area contributed by atoms with Crippen LogP contribution in [0.25, 0.3) is 33.0 Å². The molecule has 0 N–H and O–H groups in total. The molecule has 4 rings (SSSR count). The van der Waals surface area contributed by atoms with Gasteiger partial charge in [-0.1, -0.05) is 72.8 Å². The molecule has 0 aliphatic carbocycles. The molecule has 4 heteroatoms. The second-order valence-corrected chi connectivity index (χ2v) is 7.29. The van der Waals surface area contributed by atoms with Crippen LogP contribution in [-0.4, -0.2) is 6.61 Å². The standard InChI is InChI=1S/C27H21F3O/c1-2-3-4-18-5-15-25-22(17-18)12-16-24(26(25)28)21-8-6-19(7-9-21)20-10-13-23(14-11-20)31-27(29)30/h2,5-17,27H,1,3-4H2. The van der Waals surface area contributed by atoms with Crippen molar-refractivity contribution in [2.75, 3.05) is 0 Å². The highest BCUT2D eigenvalue weighted by molar-refractivity contribution is 5.89. The first kappa shape index (κ1) is 20.7. The van der Waals surface area contributed by atoms with Crippen LogP contribution in [0.2, 0.25) is 0 Å². The lowest BCUT2D eigenvalue weighted by Crippen LogP contribution is -2.01. The third kappa shape index (κ3) is 4.64. The average Bonchev–Trinajstić information content (AvgIpc) is 2.78. The molecule has 0 aromatic heterocycles. The van der Waals surface area contributed by atoms with E-state index in [1.807, 2.05) is 54.6 Å². The van der Waals surface area contributed by atoms with Crippen molar-refractivity contribution in [1.29, 1.82) is 0 Å². The van der Waals surface area contributed by atoms with Crippen molar-refractivity contribution in [3.05, 3.63) is 103 Å². The van der Waals surface area contributed by atoms with E-state index >= 15 is 4.39 Å². The molecule has 31 heavy (non-hydrogen) atoms. The van der Waals surface area contributed by atoms with Gasteiger partial charge in [-0.25, -0.2) is 4.39 Å². The number of hydrogen-bond acceptors (Lipinski definition) is 1. The van der Waals surface area contributed by atoms with Gasteiger partial charge in [0.1, 0.15) is 11.6 Å². The molecule has 0 heterocycles. The van der Waals surface area contributed by atoms with Crippen LogP contribution in [-0.2, 0) is 6.42 Å². The number of hydrogen-bond donors (Lipinski definition) is 0. The van der Waals surface area contributed by atoms with E-state index in [0.717, 1.165) is 40.5 Å². The number of fused-ring (bicyclic) bond motifs is 1. The van der Waals surface area contributed by atoms with E-state index < -0.39 is 6.61 Å². The van der Waals surface area contributed by atoms with Crippen molar-refractivity contribution in [1.82, 2.24) is 0 Å². The fourth-order valence-corrected chi connectivity index (χ4v) is 3.66. The zero-order chi connectivity index (χ0) is 21.8. The number of alkyl halides is 2. The van der Waals surface area contributed by atoms with Gasteiger partial charge in [0.05, 0.1) is 0 Å². The highest BCUT2D eigenvalue weighted by Gasteiger charge is 2.11. The molecule has 0 amide bonds. The van der Waals surface area contributed by atoms with Crippen molar-refractivity contribution < 1.29 is 17.9 Å². The maximum atomic E-state index is 15.2. The predicted octanol–water partition coefficient (Wildman–Crippen LogP) is 8.03. The van der Waals surface area contributed by atoms with Gasteiger partial charge < -0.3 is 4.74 Å². The number of ether oxygens (including phenoxy) is 1. The zero-order valence-corrected chi connectivity index (χ0v) is 16.8. The first-order valence-corrected chi connectivity index (χ1v) is 10.0. The maximum Gasteiger partial charge on any atom is 0.387 e. The molecule has 0 saturated carbocycles. The normalized spacial score (nSPS) is 11.1. The highest BCUT2D eigenvalue weighted by Crippen LogP contribution is 2.32. The summed E-state index contributed by atoms with van der Waals surface area (Å²) in [7, 11) is 0. The van der Waals surface area contributed by atoms with Crippen molar-refractivity contribution in [2.45, 2.75) is 19.5 Å². The Morgan fingerprint density at radius 2 is 1.45 bits per heavy atom. The largest absolute Gasteiger partial charge is 0.435 e. The van der Waals surface area contributed by atoms with Crippen LogP contribution >= 0.6 is 0 Å². The molecule has 4 aromatic rings. The Balaban J connectivity index is 1.59. The van der Waals surface area contributed by atoms with Gasteiger partial charge in [-0.15, -0.1) is 6.58 Å². The molecule has 1 nitrogen and oxygen atoms in total. The van der Waals surface area contributed by atoms with E-state index in [1.54, 1.807) is 18.2 Å². The Bertz CT molecular complexity index is 1200. The van der Waals surface area contributed by atoms with E-state index in [0.29, 0.717) is 10.9 Å². The zero-order valence-electron chi connectivity index (χ0n) is 16.8. The predicted molar refractivity (Wildman–Crippen MR) is 120 cm³/mol. The van der Waals surface area contributed by atoms with Crippen molar-refractivity contribution in [2.24, 2.45) is 0 Å². The molecule has 0 aliphatic rings. The monoisotopic (exact) mass is 418 g/mol. The van der Waals surface area contributed by atoms with Crippen LogP contribution in [0.15, 0.2) is 91.5 Å². The van der Waals surface area contributed by atoms with Gasteiger partial charge >= 0.3 is 6.61 Å². The minimum Gasteiger partial charge on any atom is -0.435 e. The summed E-state index contributed by atoms with van der Waals surface area (Å²) < 4.78 is 44.2. The molecule has 0 unspecified atom stereocenters. The van der Waals surface area contributed by atoms with Crippen LogP contribution < -0.4 is 4.74 Å². The van der Waals surface area contributed by atoms with Crippen LogP contribution in [0, 0.1) is 5.82 Å². The van der Waals surface area contributed by atoms with Crippen LogP contribution in [0.4, 0.5) is 13.2 Å². The number of benzene rings is 4. The lowest BCUT2D eigenvalue weighted by atomic mass is 9.96. The molecule has 0 atom stereocenters. The Hall–Kier alpha value is -3.53. The number of allylic oxidation sites excluding steroid dienone is 1. The minimum atomic E-state index is -2.85. The first-order chi connectivity index (χ1) is 15.0. The van der Waals surface area contributed by atoms with Gasteiger partial charge in [-0.3, -0.25) is 0 Å². The summed E-state index contributed by atoms with van der Waals surface area (Å²) in [5, 5.41) is 1.48. The Morgan fingerprint density at radius 3 is 2.10 bits per heavy atom. The molecule has 0 aliphatic heterocycles.